The van der Waals surface area contributed by atoms with Crippen molar-refractivity contribution in [2.45, 2.75) is 59.0 Å². The number of aryl methyl sites for hydroxylation is 1. The summed E-state index contributed by atoms with van der Waals surface area (Å²) in [7, 11) is 0. The maximum atomic E-state index is 12.6. The van der Waals surface area contributed by atoms with Crippen LogP contribution in [0.2, 0.25) is 0 Å². The van der Waals surface area contributed by atoms with E-state index >= 15 is 0 Å². The Kier molecular flexibility index (Phi) is 9.36. The molecule has 0 saturated carbocycles. The van der Waals surface area contributed by atoms with E-state index in [0.29, 0.717) is 19.7 Å². The summed E-state index contributed by atoms with van der Waals surface area (Å²) in [4.78, 5) is 29.5. The summed E-state index contributed by atoms with van der Waals surface area (Å²) in [5.74, 6) is 0.183. The van der Waals surface area contributed by atoms with E-state index in [0.717, 1.165) is 56.7 Å². The van der Waals surface area contributed by atoms with Gasteiger partial charge in [0.05, 0.1) is 12.6 Å². The van der Waals surface area contributed by atoms with E-state index in [4.69, 9.17) is 4.74 Å². The number of hydrogen-bond donors (Lipinski definition) is 2. The van der Waals surface area contributed by atoms with Gasteiger partial charge >= 0.3 is 0 Å². The Morgan fingerprint density at radius 3 is 2.50 bits per heavy atom. The highest BCUT2D eigenvalue weighted by atomic mass is 16.5. The maximum Gasteiger partial charge on any atom is 0.238 e. The van der Waals surface area contributed by atoms with Gasteiger partial charge in [0, 0.05) is 43.5 Å². The molecule has 1 aromatic carbocycles. The van der Waals surface area contributed by atoms with Crippen LogP contribution in [0, 0.1) is 12.8 Å². The van der Waals surface area contributed by atoms with Crippen molar-refractivity contribution in [1.29, 1.82) is 0 Å². The van der Waals surface area contributed by atoms with Crippen molar-refractivity contribution in [3.05, 3.63) is 23.8 Å². The predicted molar refractivity (Wildman–Crippen MR) is 129 cm³/mol. The van der Waals surface area contributed by atoms with Crippen molar-refractivity contribution < 1.29 is 14.3 Å². The van der Waals surface area contributed by atoms with Gasteiger partial charge in [0.1, 0.15) is 0 Å². The molecular formula is C25H40N4O3. The number of piperidine rings is 1. The fourth-order valence-electron chi connectivity index (χ4n) is 4.45. The number of ether oxygens (including phenoxy) is 1. The predicted octanol–water partition coefficient (Wildman–Crippen LogP) is 3.18. The second-order valence-corrected chi connectivity index (χ2v) is 9.36. The Balaban J connectivity index is 1.36. The van der Waals surface area contributed by atoms with Crippen LogP contribution in [0.5, 0.6) is 0 Å². The highest BCUT2D eigenvalue weighted by molar-refractivity contribution is 5.93. The lowest BCUT2D eigenvalue weighted by Gasteiger charge is -2.30. The normalized spacial score (nSPS) is 17.7. The molecule has 2 N–H and O–H groups in total. The van der Waals surface area contributed by atoms with Crippen LogP contribution in [0.4, 0.5) is 11.4 Å². The molecule has 0 spiro atoms. The number of carbonyl (C=O) groups is 2. The molecule has 3 rings (SSSR count). The molecule has 32 heavy (non-hydrogen) atoms. The molecule has 2 aliphatic heterocycles. The van der Waals surface area contributed by atoms with E-state index in [1.165, 1.54) is 18.5 Å². The highest BCUT2D eigenvalue weighted by Gasteiger charge is 2.25. The van der Waals surface area contributed by atoms with E-state index < -0.39 is 0 Å². The van der Waals surface area contributed by atoms with Crippen LogP contribution in [0.15, 0.2) is 18.2 Å². The van der Waals surface area contributed by atoms with Crippen LogP contribution in [0.3, 0.4) is 0 Å². The van der Waals surface area contributed by atoms with Gasteiger partial charge in [-0.2, -0.15) is 0 Å². The summed E-state index contributed by atoms with van der Waals surface area (Å²) in [6.07, 6.45) is 5.16. The molecule has 2 fully saturated rings. The topological polar surface area (TPSA) is 73.9 Å². The lowest BCUT2D eigenvalue weighted by molar-refractivity contribution is -0.126. The first-order chi connectivity index (χ1) is 15.4. The molecule has 1 aromatic rings. The lowest BCUT2D eigenvalue weighted by Crippen LogP contribution is -2.43. The Hall–Kier alpha value is -2.12. The lowest BCUT2D eigenvalue weighted by atomic mass is 9.96. The summed E-state index contributed by atoms with van der Waals surface area (Å²) >= 11 is 0. The number of benzene rings is 1. The van der Waals surface area contributed by atoms with Crippen LogP contribution in [-0.2, 0) is 14.3 Å². The number of anilines is 2. The summed E-state index contributed by atoms with van der Waals surface area (Å²) in [6, 6.07) is 6.29. The number of hydrogen-bond acceptors (Lipinski definition) is 5. The van der Waals surface area contributed by atoms with Crippen LogP contribution >= 0.6 is 0 Å². The molecule has 7 heteroatoms. The van der Waals surface area contributed by atoms with Gasteiger partial charge in [-0.15, -0.1) is 0 Å². The van der Waals surface area contributed by atoms with Crippen molar-refractivity contribution in [3.8, 4) is 0 Å². The zero-order valence-electron chi connectivity index (χ0n) is 20.0. The first kappa shape index (κ1) is 24.5. The van der Waals surface area contributed by atoms with Crippen LogP contribution in [0.1, 0.15) is 51.5 Å². The standard InChI is InChI=1S/C25H40N4O3/c1-19(2)32-16-6-11-26-25(31)21-9-14-28(15-10-21)18-24(30)27-23-8-7-22(17-20(23)3)29-12-4-5-13-29/h7-8,17,19,21H,4-6,9-16,18H2,1-3H3,(H,26,31)(H,27,30). The number of carbonyl (C=O) groups excluding carboxylic acids is 2. The monoisotopic (exact) mass is 444 g/mol. The zero-order valence-corrected chi connectivity index (χ0v) is 20.0. The average molecular weight is 445 g/mol. The molecule has 0 radical (unpaired) electrons. The Bertz CT molecular complexity index is 754. The minimum absolute atomic E-state index is 0.00933. The second kappa shape index (κ2) is 12.2. The van der Waals surface area contributed by atoms with Crippen LogP contribution in [0.25, 0.3) is 0 Å². The van der Waals surface area contributed by atoms with E-state index in [-0.39, 0.29) is 23.8 Å². The highest BCUT2D eigenvalue weighted by Crippen LogP contribution is 2.25. The third-order valence-corrected chi connectivity index (χ3v) is 6.35. The van der Waals surface area contributed by atoms with E-state index in [1.807, 2.05) is 26.8 Å². The number of nitrogens with zero attached hydrogens (tertiary/aromatic N) is 2. The quantitative estimate of drug-likeness (QED) is 0.542. The third kappa shape index (κ3) is 7.48. The molecule has 2 amide bonds. The summed E-state index contributed by atoms with van der Waals surface area (Å²) in [6.45, 7) is 11.6. The molecule has 0 atom stereocenters. The molecule has 7 nitrogen and oxygen atoms in total. The van der Waals surface area contributed by atoms with Gasteiger partial charge in [0.15, 0.2) is 0 Å². The Morgan fingerprint density at radius 2 is 1.84 bits per heavy atom. The van der Waals surface area contributed by atoms with Crippen molar-refractivity contribution in [1.82, 2.24) is 10.2 Å². The van der Waals surface area contributed by atoms with Gasteiger partial charge in [-0.05, 0) is 89.7 Å². The summed E-state index contributed by atoms with van der Waals surface area (Å²) in [5, 5.41) is 6.09. The largest absolute Gasteiger partial charge is 0.379 e. The minimum Gasteiger partial charge on any atom is -0.379 e. The SMILES string of the molecule is Cc1cc(N2CCCC2)ccc1NC(=O)CN1CCC(C(=O)NCCCOC(C)C)CC1. The van der Waals surface area contributed by atoms with Gasteiger partial charge in [0.2, 0.25) is 11.8 Å². The maximum absolute atomic E-state index is 12.6. The minimum atomic E-state index is 0.00933. The number of likely N-dealkylation sites (tertiary alicyclic amines) is 1. The molecule has 178 valence electrons. The molecule has 2 saturated heterocycles. The molecule has 0 bridgehead atoms. The smallest absolute Gasteiger partial charge is 0.238 e. The number of rotatable bonds is 10. The zero-order chi connectivity index (χ0) is 22.9. The molecular weight excluding hydrogens is 404 g/mol. The van der Waals surface area contributed by atoms with Crippen molar-refractivity contribution >= 4 is 23.2 Å². The Labute approximate surface area is 192 Å². The average Bonchev–Trinajstić information content (AvgIpc) is 3.30. The summed E-state index contributed by atoms with van der Waals surface area (Å²) < 4.78 is 5.50. The van der Waals surface area contributed by atoms with Gasteiger partial charge in [-0.3, -0.25) is 14.5 Å². The van der Waals surface area contributed by atoms with Gasteiger partial charge in [-0.1, -0.05) is 0 Å². The van der Waals surface area contributed by atoms with Crippen molar-refractivity contribution in [2.24, 2.45) is 5.92 Å². The van der Waals surface area contributed by atoms with Gasteiger partial charge < -0.3 is 20.3 Å². The van der Waals surface area contributed by atoms with E-state index in [1.54, 1.807) is 0 Å². The molecule has 0 unspecified atom stereocenters. The van der Waals surface area contributed by atoms with Crippen molar-refractivity contribution in [2.75, 3.05) is 56.1 Å². The van der Waals surface area contributed by atoms with Crippen molar-refractivity contribution in [3.63, 3.8) is 0 Å². The molecule has 2 heterocycles. The van der Waals surface area contributed by atoms with Gasteiger partial charge in [-0.25, -0.2) is 0 Å². The first-order valence-electron chi connectivity index (χ1n) is 12.2. The number of nitrogens with one attached hydrogen (secondary N) is 2. The number of amides is 2. The molecule has 2 aliphatic rings. The van der Waals surface area contributed by atoms with E-state index in [9.17, 15) is 9.59 Å². The Morgan fingerprint density at radius 1 is 1.12 bits per heavy atom. The fourth-order valence-corrected chi connectivity index (χ4v) is 4.45. The fraction of sp³-hybridized carbons (Fsp3) is 0.680. The summed E-state index contributed by atoms with van der Waals surface area (Å²) in [5.41, 5.74) is 3.22. The molecule has 0 aliphatic carbocycles. The third-order valence-electron chi connectivity index (χ3n) is 6.35. The second-order valence-electron chi connectivity index (χ2n) is 9.36. The van der Waals surface area contributed by atoms with Crippen LogP contribution in [-0.4, -0.2) is 68.7 Å². The van der Waals surface area contributed by atoms with Gasteiger partial charge in [0.25, 0.3) is 0 Å². The van der Waals surface area contributed by atoms with E-state index in [2.05, 4.69) is 32.6 Å². The van der Waals surface area contributed by atoms with Crippen LogP contribution < -0.4 is 15.5 Å². The first-order valence-corrected chi connectivity index (χ1v) is 12.2. The molecule has 0 aromatic heterocycles.